The molecule has 2 aromatic rings. The van der Waals surface area contributed by atoms with Crippen molar-refractivity contribution >= 4 is 23.1 Å². The Balaban J connectivity index is 1.84. The highest BCUT2D eigenvalue weighted by atomic mass is 16.6. The maximum Gasteiger partial charge on any atom is 0.295 e. The third-order valence-corrected chi connectivity index (χ3v) is 5.57. The summed E-state index contributed by atoms with van der Waals surface area (Å²) in [6, 6.07) is 7.93. The molecule has 1 N–H and O–H groups in total. The summed E-state index contributed by atoms with van der Waals surface area (Å²) in [4.78, 5) is 41.7. The predicted molar refractivity (Wildman–Crippen MR) is 104 cm³/mol. The van der Waals surface area contributed by atoms with Crippen LogP contribution in [-0.2, 0) is 9.59 Å². The minimum atomic E-state index is -0.741. The summed E-state index contributed by atoms with van der Waals surface area (Å²) >= 11 is 0. The van der Waals surface area contributed by atoms with Crippen LogP contribution in [0.15, 0.2) is 54.4 Å². The number of nitrogens with zero attached hydrogens (tertiary/aromatic N) is 3. The lowest BCUT2D eigenvalue weighted by Crippen LogP contribution is -2.37. The zero-order valence-corrected chi connectivity index (χ0v) is 15.5. The van der Waals surface area contributed by atoms with Gasteiger partial charge in [-0.15, -0.1) is 0 Å². The summed E-state index contributed by atoms with van der Waals surface area (Å²) in [7, 11) is 0. The van der Waals surface area contributed by atoms with Crippen LogP contribution in [0.2, 0.25) is 0 Å². The number of carbonyl (C=O) groups excluding carboxylic acids is 2. The quantitative estimate of drug-likeness (QED) is 0.280. The van der Waals surface area contributed by atoms with Crippen molar-refractivity contribution in [1.82, 2.24) is 9.88 Å². The molecule has 4 rings (SSSR count). The van der Waals surface area contributed by atoms with Gasteiger partial charge in [0, 0.05) is 36.1 Å². The number of Topliss-reactive ketones (excluding diaryl/α,β-unsaturated/α-hetero) is 1. The summed E-state index contributed by atoms with van der Waals surface area (Å²) < 4.78 is 0. The van der Waals surface area contributed by atoms with Gasteiger partial charge in [-0.25, -0.2) is 0 Å². The molecule has 2 heterocycles. The average Bonchev–Trinajstić information content (AvgIpc) is 3.35. The zero-order chi connectivity index (χ0) is 20.5. The summed E-state index contributed by atoms with van der Waals surface area (Å²) in [5.74, 6) is -1.70. The molecule has 29 heavy (non-hydrogen) atoms. The second-order valence-corrected chi connectivity index (χ2v) is 7.23. The number of nitro benzene ring substituents is 1. The zero-order valence-electron chi connectivity index (χ0n) is 15.5. The molecule has 8 heteroatoms. The fourth-order valence-corrected chi connectivity index (χ4v) is 4.18. The standard InChI is InChI=1S/C21H19N3O5/c25-19(14-5-7-16(8-6-14)24(28)29)17-18(13-9-11-22-12-10-13)23(21(27)20(17)26)15-3-1-2-4-15/h5-12,15,18,25H,1-4H2/b19-17-. The maximum absolute atomic E-state index is 12.9. The van der Waals surface area contributed by atoms with Crippen LogP contribution in [0.3, 0.4) is 0 Å². The van der Waals surface area contributed by atoms with E-state index in [0.717, 1.165) is 25.7 Å². The Bertz CT molecular complexity index is 995. The van der Waals surface area contributed by atoms with Gasteiger partial charge in [-0.3, -0.25) is 24.7 Å². The Morgan fingerprint density at radius 1 is 1.07 bits per heavy atom. The molecule has 1 aromatic carbocycles. The first-order valence-electron chi connectivity index (χ1n) is 9.44. The third kappa shape index (κ3) is 3.26. The first-order valence-corrected chi connectivity index (χ1v) is 9.44. The minimum Gasteiger partial charge on any atom is -0.507 e. The highest BCUT2D eigenvalue weighted by Crippen LogP contribution is 2.43. The number of ketones is 1. The topological polar surface area (TPSA) is 114 Å². The number of likely N-dealkylation sites (tertiary alicyclic amines) is 1. The normalized spacial score (nSPS) is 21.7. The molecule has 0 bridgehead atoms. The van der Waals surface area contributed by atoms with Crippen LogP contribution in [0, 0.1) is 10.1 Å². The summed E-state index contributed by atoms with van der Waals surface area (Å²) in [5.41, 5.74) is 0.814. The fraction of sp³-hybridized carbons (Fsp3) is 0.286. The van der Waals surface area contributed by atoms with Gasteiger partial charge in [-0.05, 0) is 42.7 Å². The number of nitro groups is 1. The lowest BCUT2D eigenvalue weighted by Gasteiger charge is -2.30. The molecule has 1 amide bonds. The first kappa shape index (κ1) is 18.8. The number of carbonyl (C=O) groups is 2. The van der Waals surface area contributed by atoms with Gasteiger partial charge >= 0.3 is 0 Å². The number of hydrogen-bond donors (Lipinski definition) is 1. The lowest BCUT2D eigenvalue weighted by molar-refractivity contribution is -0.384. The summed E-state index contributed by atoms with van der Waals surface area (Å²) in [5, 5.41) is 21.8. The lowest BCUT2D eigenvalue weighted by atomic mass is 9.95. The number of pyridine rings is 1. The van der Waals surface area contributed by atoms with Crippen LogP contribution in [0.5, 0.6) is 0 Å². The Labute approximate surface area is 166 Å². The molecular weight excluding hydrogens is 374 g/mol. The van der Waals surface area contributed by atoms with E-state index in [1.54, 1.807) is 29.4 Å². The van der Waals surface area contributed by atoms with Gasteiger partial charge in [0.25, 0.3) is 17.4 Å². The number of aliphatic hydroxyl groups excluding tert-OH is 1. The molecule has 2 aliphatic rings. The SMILES string of the molecule is O=C1C(=O)N(C2CCCC2)C(c2ccncc2)/C1=C(/O)c1ccc([N+](=O)[O-])cc1. The average molecular weight is 393 g/mol. The van der Waals surface area contributed by atoms with Crippen molar-refractivity contribution in [3.63, 3.8) is 0 Å². The van der Waals surface area contributed by atoms with E-state index in [0.29, 0.717) is 5.56 Å². The van der Waals surface area contributed by atoms with Gasteiger partial charge in [-0.2, -0.15) is 0 Å². The van der Waals surface area contributed by atoms with Gasteiger partial charge in [0.05, 0.1) is 16.5 Å². The largest absolute Gasteiger partial charge is 0.507 e. The van der Waals surface area contributed by atoms with Crippen molar-refractivity contribution < 1.29 is 19.6 Å². The van der Waals surface area contributed by atoms with Crippen molar-refractivity contribution in [2.24, 2.45) is 0 Å². The second-order valence-electron chi connectivity index (χ2n) is 7.23. The number of amides is 1. The molecular formula is C21H19N3O5. The summed E-state index contributed by atoms with van der Waals surface area (Å²) in [6.45, 7) is 0. The number of hydrogen-bond acceptors (Lipinski definition) is 6. The van der Waals surface area contributed by atoms with Crippen LogP contribution in [0.25, 0.3) is 5.76 Å². The highest BCUT2D eigenvalue weighted by Gasteiger charge is 2.49. The molecule has 1 saturated carbocycles. The molecule has 1 aliphatic heterocycles. The Hall–Kier alpha value is -3.55. The van der Waals surface area contributed by atoms with Gasteiger partial charge in [0.1, 0.15) is 5.76 Å². The van der Waals surface area contributed by atoms with E-state index in [1.807, 2.05) is 0 Å². The number of rotatable bonds is 4. The van der Waals surface area contributed by atoms with E-state index in [4.69, 9.17) is 0 Å². The van der Waals surface area contributed by atoms with Crippen molar-refractivity contribution in [2.45, 2.75) is 37.8 Å². The fourth-order valence-electron chi connectivity index (χ4n) is 4.18. The first-order chi connectivity index (χ1) is 14.0. The second kappa shape index (κ2) is 7.46. The van der Waals surface area contributed by atoms with Gasteiger partial charge in [0.2, 0.25) is 0 Å². The Kier molecular flexibility index (Phi) is 4.84. The van der Waals surface area contributed by atoms with Crippen LogP contribution in [0.1, 0.15) is 42.9 Å². The molecule has 1 saturated heterocycles. The van der Waals surface area contributed by atoms with Gasteiger partial charge < -0.3 is 10.0 Å². The van der Waals surface area contributed by atoms with E-state index in [-0.39, 0.29) is 28.6 Å². The van der Waals surface area contributed by atoms with Gasteiger partial charge in [0.15, 0.2) is 0 Å². The minimum absolute atomic E-state index is 0.00181. The van der Waals surface area contributed by atoms with Crippen molar-refractivity contribution in [2.75, 3.05) is 0 Å². The highest BCUT2D eigenvalue weighted by molar-refractivity contribution is 6.46. The number of non-ortho nitro benzene ring substituents is 1. The molecule has 8 nitrogen and oxygen atoms in total. The molecule has 0 radical (unpaired) electrons. The van der Waals surface area contributed by atoms with Crippen LogP contribution in [-0.4, -0.2) is 37.6 Å². The maximum atomic E-state index is 12.9. The number of benzene rings is 1. The number of aromatic nitrogens is 1. The molecule has 1 unspecified atom stereocenters. The predicted octanol–water partition coefficient (Wildman–Crippen LogP) is 3.35. The van der Waals surface area contributed by atoms with E-state index in [9.17, 15) is 24.8 Å². The molecule has 148 valence electrons. The van der Waals surface area contributed by atoms with Crippen molar-refractivity contribution in [1.29, 1.82) is 0 Å². The van der Waals surface area contributed by atoms with Crippen LogP contribution >= 0.6 is 0 Å². The van der Waals surface area contributed by atoms with E-state index < -0.39 is 22.7 Å². The molecule has 2 fully saturated rings. The van der Waals surface area contributed by atoms with E-state index in [1.165, 1.54) is 24.3 Å². The third-order valence-electron chi connectivity index (χ3n) is 5.57. The van der Waals surface area contributed by atoms with E-state index in [2.05, 4.69) is 4.98 Å². The van der Waals surface area contributed by atoms with Crippen LogP contribution < -0.4 is 0 Å². The number of aliphatic hydroxyl groups is 1. The molecule has 1 aliphatic carbocycles. The van der Waals surface area contributed by atoms with Crippen molar-refractivity contribution in [3.8, 4) is 0 Å². The Morgan fingerprint density at radius 2 is 1.69 bits per heavy atom. The molecule has 1 aromatic heterocycles. The summed E-state index contributed by atoms with van der Waals surface area (Å²) in [6.07, 6.45) is 6.75. The molecule has 1 atom stereocenters. The van der Waals surface area contributed by atoms with E-state index >= 15 is 0 Å². The van der Waals surface area contributed by atoms with Gasteiger partial charge in [-0.1, -0.05) is 12.8 Å². The smallest absolute Gasteiger partial charge is 0.295 e. The monoisotopic (exact) mass is 393 g/mol. The Morgan fingerprint density at radius 3 is 2.28 bits per heavy atom. The molecule has 0 spiro atoms. The van der Waals surface area contributed by atoms with Crippen LogP contribution in [0.4, 0.5) is 5.69 Å². The van der Waals surface area contributed by atoms with Crippen molar-refractivity contribution in [3.05, 3.63) is 75.6 Å².